The van der Waals surface area contributed by atoms with E-state index in [1.165, 1.54) is 0 Å². The Morgan fingerprint density at radius 2 is 2.28 bits per heavy atom. The Labute approximate surface area is 107 Å². The van der Waals surface area contributed by atoms with Crippen molar-refractivity contribution in [2.24, 2.45) is 5.73 Å². The zero-order valence-corrected chi connectivity index (χ0v) is 10.8. The van der Waals surface area contributed by atoms with Crippen molar-refractivity contribution >= 4 is 5.91 Å². The summed E-state index contributed by atoms with van der Waals surface area (Å²) in [4.78, 5) is 19.9. The van der Waals surface area contributed by atoms with Crippen molar-refractivity contribution < 1.29 is 9.53 Å². The van der Waals surface area contributed by atoms with E-state index in [2.05, 4.69) is 15.3 Å². The lowest BCUT2D eigenvalue weighted by Gasteiger charge is -2.11. The highest BCUT2D eigenvalue weighted by molar-refractivity contribution is 5.81. The highest BCUT2D eigenvalue weighted by Gasteiger charge is 2.12. The van der Waals surface area contributed by atoms with Crippen LogP contribution in [0.15, 0.2) is 12.4 Å². The van der Waals surface area contributed by atoms with Crippen LogP contribution >= 0.6 is 0 Å². The Bertz CT molecular complexity index is 367. The Hall–Kier alpha value is -1.53. The molecule has 1 aromatic rings. The van der Waals surface area contributed by atoms with Crippen molar-refractivity contribution in [2.75, 3.05) is 13.7 Å². The number of hydrogen-bond acceptors (Lipinski definition) is 5. The van der Waals surface area contributed by atoms with Crippen LogP contribution in [0.25, 0.3) is 0 Å². The van der Waals surface area contributed by atoms with E-state index in [-0.39, 0.29) is 5.91 Å². The van der Waals surface area contributed by atoms with Gasteiger partial charge in [-0.15, -0.1) is 0 Å². The van der Waals surface area contributed by atoms with Crippen LogP contribution in [-0.4, -0.2) is 35.6 Å². The van der Waals surface area contributed by atoms with Gasteiger partial charge in [-0.05, 0) is 19.8 Å². The summed E-state index contributed by atoms with van der Waals surface area (Å²) in [6.07, 6.45) is 4.70. The molecule has 6 heteroatoms. The summed E-state index contributed by atoms with van der Waals surface area (Å²) >= 11 is 0. The Kier molecular flexibility index (Phi) is 6.24. The van der Waals surface area contributed by atoms with Gasteiger partial charge in [0.1, 0.15) is 0 Å². The van der Waals surface area contributed by atoms with E-state index in [1.54, 1.807) is 19.5 Å². The molecule has 0 aliphatic heterocycles. The molecule has 0 radical (unpaired) electrons. The Balaban J connectivity index is 2.29. The predicted molar refractivity (Wildman–Crippen MR) is 67.7 cm³/mol. The lowest BCUT2D eigenvalue weighted by atomic mass is 10.1. The van der Waals surface area contributed by atoms with Crippen LogP contribution in [0.2, 0.25) is 0 Å². The molecule has 1 aromatic heterocycles. The van der Waals surface area contributed by atoms with E-state index in [9.17, 15) is 4.79 Å². The van der Waals surface area contributed by atoms with Crippen molar-refractivity contribution in [1.29, 1.82) is 0 Å². The molecular weight excluding hydrogens is 232 g/mol. The molecule has 0 aromatic carbocycles. The fraction of sp³-hybridized carbons (Fsp3) is 0.583. The summed E-state index contributed by atoms with van der Waals surface area (Å²) in [6.45, 7) is 2.83. The average molecular weight is 252 g/mol. The normalized spacial score (nSPS) is 12.2. The molecule has 1 amide bonds. The third-order valence-electron chi connectivity index (χ3n) is 2.48. The number of methoxy groups -OCH3 is 1. The van der Waals surface area contributed by atoms with Gasteiger partial charge in [0.25, 0.3) is 0 Å². The van der Waals surface area contributed by atoms with Gasteiger partial charge < -0.3 is 15.8 Å². The first-order chi connectivity index (χ1) is 8.63. The molecular formula is C12H20N4O2. The van der Waals surface area contributed by atoms with Crippen molar-refractivity contribution in [3.63, 3.8) is 0 Å². The number of aromatic nitrogens is 2. The van der Waals surface area contributed by atoms with E-state index < -0.39 is 6.04 Å². The number of nitrogens with two attached hydrogens (primary N) is 1. The first kappa shape index (κ1) is 14.5. The number of ether oxygens (including phenoxy) is 1. The average Bonchev–Trinajstić information content (AvgIpc) is 2.38. The van der Waals surface area contributed by atoms with Gasteiger partial charge in [-0.25, -0.2) is 0 Å². The minimum Gasteiger partial charge on any atom is -0.385 e. The fourth-order valence-corrected chi connectivity index (χ4v) is 1.40. The summed E-state index contributed by atoms with van der Waals surface area (Å²) in [6, 6.07) is -0.501. The highest BCUT2D eigenvalue weighted by atomic mass is 16.5. The number of amides is 1. The number of carbonyl (C=O) groups excluding carboxylic acids is 1. The quantitative estimate of drug-likeness (QED) is 0.674. The number of rotatable bonds is 7. The molecule has 100 valence electrons. The monoisotopic (exact) mass is 252 g/mol. The largest absolute Gasteiger partial charge is 0.385 e. The molecule has 3 N–H and O–H groups in total. The molecule has 0 aliphatic carbocycles. The van der Waals surface area contributed by atoms with E-state index in [1.807, 2.05) is 6.92 Å². The summed E-state index contributed by atoms with van der Waals surface area (Å²) in [5.41, 5.74) is 7.31. The van der Waals surface area contributed by atoms with Gasteiger partial charge in [-0.3, -0.25) is 14.8 Å². The van der Waals surface area contributed by atoms with Crippen LogP contribution in [-0.2, 0) is 16.1 Å². The number of aryl methyl sites for hydroxylation is 1. The zero-order chi connectivity index (χ0) is 13.4. The van der Waals surface area contributed by atoms with Crippen LogP contribution in [0, 0.1) is 6.92 Å². The molecule has 0 saturated heterocycles. The van der Waals surface area contributed by atoms with Gasteiger partial charge in [-0.2, -0.15) is 0 Å². The number of hydrogen-bond donors (Lipinski definition) is 2. The van der Waals surface area contributed by atoms with Crippen LogP contribution in [0.3, 0.4) is 0 Å². The van der Waals surface area contributed by atoms with Gasteiger partial charge in [0.2, 0.25) is 5.91 Å². The summed E-state index contributed by atoms with van der Waals surface area (Å²) < 4.78 is 4.91. The topological polar surface area (TPSA) is 90.1 Å². The number of carbonyl (C=O) groups is 1. The van der Waals surface area contributed by atoms with E-state index >= 15 is 0 Å². The second-order valence-electron chi connectivity index (χ2n) is 4.11. The maximum Gasteiger partial charge on any atom is 0.237 e. The maximum absolute atomic E-state index is 11.7. The van der Waals surface area contributed by atoms with E-state index in [0.717, 1.165) is 17.8 Å². The standard InChI is InChI=1S/C12H20N4O2/c1-9-6-15-10(7-14-9)8-16-12(17)11(13)4-3-5-18-2/h6-7,11H,3-5,8,13H2,1-2H3,(H,16,17). The smallest absolute Gasteiger partial charge is 0.237 e. The van der Waals surface area contributed by atoms with Crippen molar-refractivity contribution in [1.82, 2.24) is 15.3 Å². The molecule has 0 saturated carbocycles. The zero-order valence-electron chi connectivity index (χ0n) is 10.8. The summed E-state index contributed by atoms with van der Waals surface area (Å²) in [5.74, 6) is -0.173. The lowest BCUT2D eigenvalue weighted by molar-refractivity contribution is -0.122. The molecule has 1 atom stereocenters. The highest BCUT2D eigenvalue weighted by Crippen LogP contribution is 1.97. The minimum absolute atomic E-state index is 0.173. The van der Waals surface area contributed by atoms with Gasteiger partial charge in [-0.1, -0.05) is 0 Å². The predicted octanol–water partition coefficient (Wildman–Crippen LogP) is 0.155. The lowest BCUT2D eigenvalue weighted by Crippen LogP contribution is -2.40. The number of nitrogens with zero attached hydrogens (tertiary/aromatic N) is 2. The second kappa shape index (κ2) is 7.73. The molecule has 0 aliphatic rings. The summed E-state index contributed by atoms with van der Waals surface area (Å²) in [5, 5.41) is 2.74. The maximum atomic E-state index is 11.7. The van der Waals surface area contributed by atoms with E-state index in [4.69, 9.17) is 10.5 Å². The van der Waals surface area contributed by atoms with Crippen molar-refractivity contribution in [2.45, 2.75) is 32.4 Å². The third kappa shape index (κ3) is 5.20. The molecule has 0 spiro atoms. The molecule has 1 rings (SSSR count). The molecule has 0 fully saturated rings. The third-order valence-corrected chi connectivity index (χ3v) is 2.48. The fourth-order valence-electron chi connectivity index (χ4n) is 1.40. The summed E-state index contributed by atoms with van der Waals surface area (Å²) in [7, 11) is 1.63. The molecule has 1 unspecified atom stereocenters. The SMILES string of the molecule is COCCCC(N)C(=O)NCc1cnc(C)cn1. The van der Waals surface area contributed by atoms with Crippen LogP contribution in [0.1, 0.15) is 24.2 Å². The first-order valence-electron chi connectivity index (χ1n) is 5.93. The van der Waals surface area contributed by atoms with Crippen LogP contribution in [0.5, 0.6) is 0 Å². The minimum atomic E-state index is -0.501. The Morgan fingerprint density at radius 3 is 2.89 bits per heavy atom. The van der Waals surface area contributed by atoms with Crippen molar-refractivity contribution in [3.8, 4) is 0 Å². The molecule has 6 nitrogen and oxygen atoms in total. The van der Waals surface area contributed by atoms with E-state index in [0.29, 0.717) is 19.6 Å². The second-order valence-corrected chi connectivity index (χ2v) is 4.11. The van der Waals surface area contributed by atoms with Crippen LogP contribution in [0.4, 0.5) is 0 Å². The molecule has 1 heterocycles. The Morgan fingerprint density at radius 1 is 1.50 bits per heavy atom. The van der Waals surface area contributed by atoms with Crippen molar-refractivity contribution in [3.05, 3.63) is 23.8 Å². The van der Waals surface area contributed by atoms with Gasteiger partial charge in [0, 0.05) is 19.9 Å². The first-order valence-corrected chi connectivity index (χ1v) is 5.93. The van der Waals surface area contributed by atoms with Gasteiger partial charge in [0.15, 0.2) is 0 Å². The number of nitrogens with one attached hydrogen (secondary N) is 1. The van der Waals surface area contributed by atoms with Gasteiger partial charge in [0.05, 0.1) is 30.2 Å². The van der Waals surface area contributed by atoms with Gasteiger partial charge >= 0.3 is 0 Å². The molecule has 0 bridgehead atoms. The van der Waals surface area contributed by atoms with Crippen LogP contribution < -0.4 is 11.1 Å². The molecule has 18 heavy (non-hydrogen) atoms.